The number of carbonyl (C=O) groups excluding carboxylic acids is 2. The van der Waals surface area contributed by atoms with E-state index in [-0.39, 0.29) is 17.6 Å². The van der Waals surface area contributed by atoms with E-state index in [0.29, 0.717) is 18.8 Å². The Morgan fingerprint density at radius 3 is 2.58 bits per heavy atom. The molecule has 5 nitrogen and oxygen atoms in total. The topological polar surface area (TPSA) is 63.4 Å². The van der Waals surface area contributed by atoms with Crippen molar-refractivity contribution in [3.63, 3.8) is 0 Å². The maximum absolute atomic E-state index is 12.5. The average molecular weight is 354 g/mol. The van der Waals surface area contributed by atoms with Crippen LogP contribution in [0.15, 0.2) is 41.1 Å². The predicted molar refractivity (Wildman–Crippen MR) is 98.9 cm³/mol. The molecule has 3 rings (SSSR count). The molecule has 0 saturated carbocycles. The molecule has 1 amide bonds. The summed E-state index contributed by atoms with van der Waals surface area (Å²) >= 11 is 0. The highest BCUT2D eigenvalue weighted by atomic mass is 16.3. The molecular weight excluding hydrogens is 328 g/mol. The van der Waals surface area contributed by atoms with Gasteiger partial charge < -0.3 is 9.32 Å². The van der Waals surface area contributed by atoms with E-state index < -0.39 is 0 Å². The van der Waals surface area contributed by atoms with Crippen molar-refractivity contribution in [1.82, 2.24) is 9.88 Å². The number of Topliss-reactive ketones (excluding diaryl/α,β-unsaturated/α-hetero) is 1. The summed E-state index contributed by atoms with van der Waals surface area (Å²) in [6.45, 7) is 3.70. The van der Waals surface area contributed by atoms with Crippen molar-refractivity contribution < 1.29 is 14.0 Å². The Balaban J connectivity index is 1.36. The monoisotopic (exact) mass is 354 g/mol. The molecule has 1 aliphatic rings. The zero-order valence-corrected chi connectivity index (χ0v) is 15.3. The molecule has 0 spiro atoms. The zero-order chi connectivity index (χ0) is 18.4. The van der Waals surface area contributed by atoms with E-state index in [2.05, 4.69) is 11.9 Å². The molecule has 0 radical (unpaired) electrons. The highest BCUT2D eigenvalue weighted by molar-refractivity contribution is 5.91. The van der Waals surface area contributed by atoms with Gasteiger partial charge in [0.15, 0.2) is 0 Å². The number of aromatic nitrogens is 1. The van der Waals surface area contributed by atoms with E-state index in [1.807, 2.05) is 29.2 Å². The number of oxazole rings is 1. The van der Waals surface area contributed by atoms with E-state index >= 15 is 0 Å². The molecule has 1 aliphatic heterocycles. The maximum Gasteiger partial charge on any atom is 0.263 e. The third-order valence-electron chi connectivity index (χ3n) is 5.13. The lowest BCUT2D eigenvalue weighted by molar-refractivity contribution is -0.131. The summed E-state index contributed by atoms with van der Waals surface area (Å²) in [7, 11) is 0. The zero-order valence-electron chi connectivity index (χ0n) is 15.3. The molecule has 2 aromatic rings. The fraction of sp³-hybridized carbons (Fsp3) is 0.476. The summed E-state index contributed by atoms with van der Waals surface area (Å²) in [6, 6.07) is 8.17. The summed E-state index contributed by atoms with van der Waals surface area (Å²) in [4.78, 5) is 30.2. The van der Waals surface area contributed by atoms with Crippen molar-refractivity contribution in [3.8, 4) is 0 Å². The first-order valence-corrected chi connectivity index (χ1v) is 9.38. The van der Waals surface area contributed by atoms with Crippen LogP contribution in [0.5, 0.6) is 0 Å². The van der Waals surface area contributed by atoms with Crippen molar-refractivity contribution in [2.75, 3.05) is 13.1 Å². The molecule has 1 aromatic carbocycles. The van der Waals surface area contributed by atoms with Gasteiger partial charge in [-0.05, 0) is 44.1 Å². The van der Waals surface area contributed by atoms with Crippen LogP contribution in [-0.2, 0) is 11.2 Å². The fourth-order valence-electron chi connectivity index (χ4n) is 3.48. The Hall–Kier alpha value is -2.43. The normalized spacial score (nSPS) is 15.2. The number of hydrogen-bond acceptors (Lipinski definition) is 4. The lowest BCUT2D eigenvalue weighted by Crippen LogP contribution is -2.39. The van der Waals surface area contributed by atoms with Crippen LogP contribution in [-0.4, -0.2) is 34.7 Å². The Morgan fingerprint density at radius 2 is 1.92 bits per heavy atom. The van der Waals surface area contributed by atoms with Crippen molar-refractivity contribution in [1.29, 1.82) is 0 Å². The van der Waals surface area contributed by atoms with Crippen molar-refractivity contribution >= 4 is 11.7 Å². The summed E-state index contributed by atoms with van der Waals surface area (Å²) in [5.41, 5.74) is 2.29. The second-order valence-corrected chi connectivity index (χ2v) is 7.14. The van der Waals surface area contributed by atoms with Gasteiger partial charge in [0.2, 0.25) is 11.7 Å². The van der Waals surface area contributed by atoms with Crippen LogP contribution < -0.4 is 0 Å². The second-order valence-electron chi connectivity index (χ2n) is 7.14. The maximum atomic E-state index is 12.5. The van der Waals surface area contributed by atoms with E-state index in [1.54, 1.807) is 0 Å². The van der Waals surface area contributed by atoms with Gasteiger partial charge >= 0.3 is 0 Å². The molecule has 1 fully saturated rings. The van der Waals surface area contributed by atoms with Crippen LogP contribution in [0.3, 0.4) is 0 Å². The van der Waals surface area contributed by atoms with E-state index in [0.717, 1.165) is 44.3 Å². The van der Waals surface area contributed by atoms with Gasteiger partial charge in [0.25, 0.3) is 5.89 Å². The molecule has 1 saturated heterocycles. The molecule has 0 aliphatic carbocycles. The summed E-state index contributed by atoms with van der Waals surface area (Å²) in [5.74, 6) is 0.990. The lowest BCUT2D eigenvalue weighted by atomic mass is 9.91. The molecule has 0 bridgehead atoms. The van der Waals surface area contributed by atoms with Crippen molar-refractivity contribution in [2.24, 2.45) is 5.92 Å². The number of aryl methyl sites for hydroxylation is 1. The Morgan fingerprint density at radius 1 is 1.19 bits per heavy atom. The van der Waals surface area contributed by atoms with Crippen LogP contribution in [0.2, 0.25) is 0 Å². The smallest absolute Gasteiger partial charge is 0.263 e. The minimum absolute atomic E-state index is 0.0271. The third-order valence-corrected chi connectivity index (χ3v) is 5.13. The van der Waals surface area contributed by atoms with Crippen LogP contribution >= 0.6 is 0 Å². The molecule has 1 aromatic heterocycles. The number of ketones is 1. The fourth-order valence-corrected chi connectivity index (χ4v) is 3.48. The Kier molecular flexibility index (Phi) is 6.21. The standard InChI is InChI=1S/C21H26N2O3/c1-16-5-7-18(8-6-16)15-20(25)23-12-9-17(10-13-23)3-2-4-19(24)21-22-11-14-26-21/h5-8,11,14,17H,2-4,9-10,12-13,15H2,1H3. The molecule has 26 heavy (non-hydrogen) atoms. The highest BCUT2D eigenvalue weighted by Crippen LogP contribution is 2.23. The number of carbonyl (C=O) groups is 2. The number of nitrogens with zero attached hydrogens (tertiary/aromatic N) is 2. The largest absolute Gasteiger partial charge is 0.442 e. The quantitative estimate of drug-likeness (QED) is 0.709. The van der Waals surface area contributed by atoms with Crippen molar-refractivity contribution in [3.05, 3.63) is 53.7 Å². The van der Waals surface area contributed by atoms with E-state index in [9.17, 15) is 9.59 Å². The van der Waals surface area contributed by atoms with Crippen LogP contribution in [0.25, 0.3) is 0 Å². The number of benzene rings is 1. The molecule has 0 unspecified atom stereocenters. The SMILES string of the molecule is Cc1ccc(CC(=O)N2CCC(CCCC(=O)c3ncco3)CC2)cc1. The van der Waals surface area contributed by atoms with E-state index in [1.165, 1.54) is 18.0 Å². The van der Waals surface area contributed by atoms with Gasteiger partial charge in [-0.1, -0.05) is 29.8 Å². The first-order chi connectivity index (χ1) is 12.6. The van der Waals surface area contributed by atoms with Gasteiger partial charge in [0.05, 0.1) is 12.6 Å². The number of hydrogen-bond donors (Lipinski definition) is 0. The van der Waals surface area contributed by atoms with Gasteiger partial charge in [-0.25, -0.2) is 4.98 Å². The van der Waals surface area contributed by atoms with Crippen LogP contribution in [0.4, 0.5) is 0 Å². The van der Waals surface area contributed by atoms with Crippen LogP contribution in [0, 0.1) is 12.8 Å². The van der Waals surface area contributed by atoms with Gasteiger partial charge in [0.1, 0.15) is 6.26 Å². The summed E-state index contributed by atoms with van der Waals surface area (Å²) in [6.07, 6.45) is 7.80. The first-order valence-electron chi connectivity index (χ1n) is 9.38. The highest BCUT2D eigenvalue weighted by Gasteiger charge is 2.23. The molecule has 0 N–H and O–H groups in total. The summed E-state index contributed by atoms with van der Waals surface area (Å²) < 4.78 is 5.03. The number of likely N-dealkylation sites (tertiary alicyclic amines) is 1. The van der Waals surface area contributed by atoms with Gasteiger partial charge in [-0.15, -0.1) is 0 Å². The first kappa shape index (κ1) is 18.4. The average Bonchev–Trinajstić information content (AvgIpc) is 3.19. The molecule has 0 atom stereocenters. The Labute approximate surface area is 154 Å². The molecule has 138 valence electrons. The summed E-state index contributed by atoms with van der Waals surface area (Å²) in [5, 5.41) is 0. The van der Waals surface area contributed by atoms with Crippen molar-refractivity contribution in [2.45, 2.75) is 45.4 Å². The number of amides is 1. The molecule has 5 heteroatoms. The van der Waals surface area contributed by atoms with Gasteiger partial charge in [0, 0.05) is 19.5 Å². The van der Waals surface area contributed by atoms with Crippen LogP contribution in [0.1, 0.15) is 53.9 Å². The second kappa shape index (κ2) is 8.79. The van der Waals surface area contributed by atoms with E-state index in [4.69, 9.17) is 4.42 Å². The number of rotatable bonds is 7. The van der Waals surface area contributed by atoms with Gasteiger partial charge in [-0.3, -0.25) is 9.59 Å². The minimum Gasteiger partial charge on any atom is -0.442 e. The van der Waals surface area contributed by atoms with Gasteiger partial charge in [-0.2, -0.15) is 0 Å². The minimum atomic E-state index is -0.0271. The lowest BCUT2D eigenvalue weighted by Gasteiger charge is -2.32. The predicted octanol–water partition coefficient (Wildman–Crippen LogP) is 3.82. The Bertz CT molecular complexity index is 714. The third kappa shape index (κ3) is 5.04. The molecule has 2 heterocycles. The number of piperidine rings is 1. The molecular formula is C21H26N2O3.